The van der Waals surface area contributed by atoms with Crippen LogP contribution in [0.25, 0.3) is 0 Å². The highest BCUT2D eigenvalue weighted by Crippen LogP contribution is 2.34. The smallest absolute Gasteiger partial charge is 0.251 e. The topological polar surface area (TPSA) is 38.3 Å². The van der Waals surface area contributed by atoms with Crippen molar-refractivity contribution in [3.05, 3.63) is 71.0 Å². The van der Waals surface area contributed by atoms with Gasteiger partial charge in [0, 0.05) is 30.7 Å². The van der Waals surface area contributed by atoms with Crippen molar-refractivity contribution in [2.24, 2.45) is 0 Å². The van der Waals surface area contributed by atoms with Crippen LogP contribution in [0.3, 0.4) is 0 Å². The summed E-state index contributed by atoms with van der Waals surface area (Å²) in [5.74, 6) is -0.326. The van der Waals surface area contributed by atoms with Crippen molar-refractivity contribution in [2.45, 2.75) is 25.2 Å². The number of hydrogen-bond donors (Lipinski definition) is 1. The summed E-state index contributed by atoms with van der Waals surface area (Å²) >= 11 is 0. The van der Waals surface area contributed by atoms with Crippen molar-refractivity contribution in [3.63, 3.8) is 0 Å². The fourth-order valence-electron chi connectivity index (χ4n) is 3.19. The number of halogens is 1. The first kappa shape index (κ1) is 16.7. The second kappa shape index (κ2) is 7.14. The van der Waals surface area contributed by atoms with Crippen molar-refractivity contribution < 1.29 is 13.9 Å². The van der Waals surface area contributed by atoms with Crippen LogP contribution in [0.2, 0.25) is 0 Å². The molecule has 0 saturated carbocycles. The maximum absolute atomic E-state index is 13.3. The third kappa shape index (κ3) is 3.65. The Morgan fingerprint density at radius 3 is 2.33 bits per heavy atom. The van der Waals surface area contributed by atoms with E-state index in [9.17, 15) is 9.18 Å². The van der Waals surface area contributed by atoms with Gasteiger partial charge >= 0.3 is 0 Å². The first-order valence-corrected chi connectivity index (χ1v) is 8.28. The molecule has 24 heavy (non-hydrogen) atoms. The van der Waals surface area contributed by atoms with E-state index in [2.05, 4.69) is 5.32 Å². The van der Waals surface area contributed by atoms with E-state index in [1.165, 1.54) is 12.1 Å². The number of carbonyl (C=O) groups is 1. The van der Waals surface area contributed by atoms with Gasteiger partial charge < -0.3 is 10.1 Å². The zero-order chi connectivity index (χ0) is 17.0. The lowest BCUT2D eigenvalue weighted by Crippen LogP contribution is -2.44. The zero-order valence-corrected chi connectivity index (χ0v) is 13.8. The van der Waals surface area contributed by atoms with Gasteiger partial charge in [-0.1, -0.05) is 29.8 Å². The molecule has 1 saturated heterocycles. The number of hydrogen-bond acceptors (Lipinski definition) is 2. The average Bonchev–Trinajstić information content (AvgIpc) is 2.62. The molecule has 3 rings (SSSR count). The second-order valence-corrected chi connectivity index (χ2v) is 6.45. The molecular formula is C20H22FNO2. The Morgan fingerprint density at radius 2 is 1.71 bits per heavy atom. The molecule has 0 radical (unpaired) electrons. The molecule has 1 fully saturated rings. The molecule has 1 heterocycles. The van der Waals surface area contributed by atoms with Crippen LogP contribution < -0.4 is 5.32 Å². The third-order valence-corrected chi connectivity index (χ3v) is 4.81. The minimum absolute atomic E-state index is 0.0806. The summed E-state index contributed by atoms with van der Waals surface area (Å²) in [5, 5.41) is 3.05. The van der Waals surface area contributed by atoms with Crippen molar-refractivity contribution in [1.29, 1.82) is 0 Å². The predicted octanol–water partition coefficient (Wildman–Crippen LogP) is 3.61. The number of ether oxygens (including phenoxy) is 1. The highest BCUT2D eigenvalue weighted by molar-refractivity contribution is 5.94. The Kier molecular flexibility index (Phi) is 4.95. The monoisotopic (exact) mass is 327 g/mol. The Morgan fingerprint density at radius 1 is 1.08 bits per heavy atom. The maximum atomic E-state index is 13.3. The first-order chi connectivity index (χ1) is 11.6. The minimum atomic E-state index is -0.246. The van der Waals surface area contributed by atoms with E-state index in [1.807, 2.05) is 43.3 Å². The number of nitrogens with one attached hydrogen (secondary N) is 1. The number of aryl methyl sites for hydroxylation is 1. The average molecular weight is 327 g/mol. The van der Waals surface area contributed by atoms with Gasteiger partial charge in [-0.25, -0.2) is 4.39 Å². The summed E-state index contributed by atoms with van der Waals surface area (Å²) < 4.78 is 18.7. The lowest BCUT2D eigenvalue weighted by Gasteiger charge is -2.38. The van der Waals surface area contributed by atoms with E-state index in [4.69, 9.17) is 4.74 Å². The van der Waals surface area contributed by atoms with E-state index in [0.29, 0.717) is 25.3 Å². The van der Waals surface area contributed by atoms with Gasteiger partial charge in [-0.3, -0.25) is 4.79 Å². The maximum Gasteiger partial charge on any atom is 0.251 e. The number of amides is 1. The van der Waals surface area contributed by atoms with Crippen LogP contribution in [0.15, 0.2) is 48.5 Å². The molecule has 2 aromatic rings. The van der Waals surface area contributed by atoms with Crippen LogP contribution in [-0.2, 0) is 10.2 Å². The summed E-state index contributed by atoms with van der Waals surface area (Å²) in [4.78, 5) is 12.4. The molecule has 1 aliphatic heterocycles. The van der Waals surface area contributed by atoms with Crippen LogP contribution in [-0.4, -0.2) is 25.7 Å². The van der Waals surface area contributed by atoms with E-state index >= 15 is 0 Å². The lowest BCUT2D eigenvalue weighted by atomic mass is 9.74. The Hall–Kier alpha value is -2.20. The number of benzene rings is 2. The van der Waals surface area contributed by atoms with Gasteiger partial charge in [0.05, 0.1) is 0 Å². The van der Waals surface area contributed by atoms with E-state index in [1.54, 1.807) is 0 Å². The Balaban J connectivity index is 1.76. The second-order valence-electron chi connectivity index (χ2n) is 6.45. The molecule has 1 amide bonds. The highest BCUT2D eigenvalue weighted by atomic mass is 19.1. The molecule has 0 spiro atoms. The molecule has 0 unspecified atom stereocenters. The summed E-state index contributed by atoms with van der Waals surface area (Å²) in [5.41, 5.74) is 2.63. The lowest BCUT2D eigenvalue weighted by molar-refractivity contribution is 0.0487. The molecule has 4 heteroatoms. The van der Waals surface area contributed by atoms with Crippen molar-refractivity contribution >= 4 is 5.91 Å². The minimum Gasteiger partial charge on any atom is -0.381 e. The highest BCUT2D eigenvalue weighted by Gasteiger charge is 2.34. The van der Waals surface area contributed by atoms with E-state index in [-0.39, 0.29) is 17.1 Å². The van der Waals surface area contributed by atoms with Crippen LogP contribution in [0.4, 0.5) is 4.39 Å². The van der Waals surface area contributed by atoms with Gasteiger partial charge in [0.25, 0.3) is 5.91 Å². The molecule has 3 nitrogen and oxygen atoms in total. The molecule has 0 aliphatic carbocycles. The van der Waals surface area contributed by atoms with Crippen LogP contribution >= 0.6 is 0 Å². The Bertz CT molecular complexity index is 689. The molecule has 0 atom stereocenters. The van der Waals surface area contributed by atoms with Gasteiger partial charge in [-0.2, -0.15) is 0 Å². The van der Waals surface area contributed by atoms with Crippen LogP contribution in [0, 0.1) is 12.7 Å². The summed E-state index contributed by atoms with van der Waals surface area (Å²) in [6, 6.07) is 14.1. The fourth-order valence-corrected chi connectivity index (χ4v) is 3.19. The fraction of sp³-hybridized carbons (Fsp3) is 0.350. The molecule has 1 aliphatic rings. The van der Waals surface area contributed by atoms with Crippen molar-refractivity contribution in [3.8, 4) is 0 Å². The van der Waals surface area contributed by atoms with Gasteiger partial charge in [-0.15, -0.1) is 0 Å². The van der Waals surface area contributed by atoms with Crippen LogP contribution in [0.5, 0.6) is 0 Å². The van der Waals surface area contributed by atoms with E-state index in [0.717, 1.165) is 24.0 Å². The SMILES string of the molecule is Cc1ccc(C(=O)NCC2(c3ccc(F)cc3)CCOCC2)cc1. The molecule has 0 bridgehead atoms. The molecule has 2 aromatic carbocycles. The first-order valence-electron chi connectivity index (χ1n) is 8.28. The zero-order valence-electron chi connectivity index (χ0n) is 13.8. The quantitative estimate of drug-likeness (QED) is 0.931. The molecule has 126 valence electrons. The summed E-state index contributed by atoms with van der Waals surface area (Å²) in [6.07, 6.45) is 1.62. The van der Waals surface area contributed by atoms with E-state index < -0.39 is 0 Å². The molecule has 0 aromatic heterocycles. The van der Waals surface area contributed by atoms with Crippen molar-refractivity contribution in [2.75, 3.05) is 19.8 Å². The number of rotatable bonds is 4. The van der Waals surface area contributed by atoms with Gasteiger partial charge in [0.1, 0.15) is 5.82 Å². The predicted molar refractivity (Wildman–Crippen MR) is 91.6 cm³/mol. The standard InChI is InChI=1S/C20H22FNO2/c1-15-2-4-16(5-3-15)19(23)22-14-20(10-12-24-13-11-20)17-6-8-18(21)9-7-17/h2-9H,10-14H2,1H3,(H,22,23). The molecule has 1 N–H and O–H groups in total. The van der Waals surface area contributed by atoms with Gasteiger partial charge in [0.2, 0.25) is 0 Å². The van der Waals surface area contributed by atoms with Crippen LogP contribution in [0.1, 0.15) is 34.3 Å². The third-order valence-electron chi connectivity index (χ3n) is 4.81. The van der Waals surface area contributed by atoms with Gasteiger partial charge in [0.15, 0.2) is 0 Å². The largest absolute Gasteiger partial charge is 0.381 e. The van der Waals surface area contributed by atoms with Crippen molar-refractivity contribution in [1.82, 2.24) is 5.32 Å². The molecular weight excluding hydrogens is 305 g/mol. The Labute approximate surface area is 141 Å². The summed E-state index contributed by atoms with van der Waals surface area (Å²) in [6.45, 7) is 3.82. The normalized spacial score (nSPS) is 16.6. The number of carbonyl (C=O) groups excluding carboxylic acids is 1. The summed E-state index contributed by atoms with van der Waals surface area (Å²) in [7, 11) is 0. The van der Waals surface area contributed by atoms with Gasteiger partial charge in [-0.05, 0) is 49.6 Å².